The Morgan fingerprint density at radius 3 is 3.06 bits per heavy atom. The zero-order chi connectivity index (χ0) is 13.1. The van der Waals surface area contributed by atoms with Gasteiger partial charge in [0.2, 0.25) is 5.90 Å². The summed E-state index contributed by atoms with van der Waals surface area (Å²) in [5.41, 5.74) is 0.969. The van der Waals surface area contributed by atoms with Gasteiger partial charge in [0.05, 0.1) is 0 Å². The summed E-state index contributed by atoms with van der Waals surface area (Å²) in [7, 11) is 0. The van der Waals surface area contributed by atoms with E-state index in [-0.39, 0.29) is 6.61 Å². The predicted molar refractivity (Wildman–Crippen MR) is 63.8 cm³/mol. The fraction of sp³-hybridized carbons (Fsp3) is 0.583. The monoisotopic (exact) mass is 252 g/mol. The molecule has 0 saturated carbocycles. The van der Waals surface area contributed by atoms with Gasteiger partial charge in [-0.15, -0.1) is 5.10 Å². The maximum Gasteiger partial charge on any atom is 0.325 e. The van der Waals surface area contributed by atoms with E-state index in [0.29, 0.717) is 11.8 Å². The molecule has 98 valence electrons. The van der Waals surface area contributed by atoms with Crippen molar-refractivity contribution < 1.29 is 19.4 Å². The molecule has 1 N–H and O–H groups in total. The number of carbonyl (C=O) groups is 2. The number of allylic oxidation sites excluding steroid dienone is 1. The molecule has 6 heteroatoms. The quantitative estimate of drug-likeness (QED) is 0.812. The number of carboxylic acids is 1. The smallest absolute Gasteiger partial charge is 0.325 e. The normalized spacial score (nSPS) is 24.2. The van der Waals surface area contributed by atoms with Gasteiger partial charge in [-0.05, 0) is 25.2 Å². The molecule has 1 unspecified atom stereocenters. The van der Waals surface area contributed by atoms with Crippen LogP contribution >= 0.6 is 0 Å². The average Bonchev–Trinajstić information content (AvgIpc) is 2.32. The first-order valence-electron chi connectivity index (χ1n) is 5.99. The van der Waals surface area contributed by atoms with Crippen molar-refractivity contribution in [2.75, 3.05) is 13.2 Å². The van der Waals surface area contributed by atoms with Crippen LogP contribution in [0.4, 0.5) is 0 Å². The highest BCUT2D eigenvalue weighted by molar-refractivity contribution is 5.98. The standard InChI is InChI=1S/C12H16N2O4/c1-8-2-4-9(5-3-8)12-13-14(6-11(16)17)10(15)7-18-12/h4,8H,2-3,5-7H2,1H3,(H,16,17). The van der Waals surface area contributed by atoms with Crippen LogP contribution in [0, 0.1) is 5.92 Å². The van der Waals surface area contributed by atoms with E-state index in [2.05, 4.69) is 18.1 Å². The third kappa shape index (κ3) is 2.88. The summed E-state index contributed by atoms with van der Waals surface area (Å²) in [5.74, 6) is -0.469. The topological polar surface area (TPSA) is 79.2 Å². The Morgan fingerprint density at radius 2 is 2.44 bits per heavy atom. The fourth-order valence-corrected chi connectivity index (χ4v) is 1.97. The molecule has 1 atom stereocenters. The molecule has 1 heterocycles. The molecule has 0 bridgehead atoms. The first kappa shape index (κ1) is 12.6. The Bertz CT molecular complexity index is 428. The first-order valence-corrected chi connectivity index (χ1v) is 5.99. The third-order valence-electron chi connectivity index (χ3n) is 3.06. The van der Waals surface area contributed by atoms with Crippen molar-refractivity contribution >= 4 is 17.8 Å². The largest absolute Gasteiger partial charge is 0.480 e. The second-order valence-electron chi connectivity index (χ2n) is 4.65. The van der Waals surface area contributed by atoms with Crippen molar-refractivity contribution in [1.82, 2.24) is 5.01 Å². The highest BCUT2D eigenvalue weighted by Crippen LogP contribution is 2.25. The maximum atomic E-state index is 11.4. The van der Waals surface area contributed by atoms with Gasteiger partial charge in [0, 0.05) is 5.57 Å². The van der Waals surface area contributed by atoms with Gasteiger partial charge in [-0.2, -0.15) is 0 Å². The molecule has 0 saturated heterocycles. The number of hydrogen-bond acceptors (Lipinski definition) is 4. The number of rotatable bonds is 3. The van der Waals surface area contributed by atoms with Crippen LogP contribution in [0.5, 0.6) is 0 Å². The highest BCUT2D eigenvalue weighted by atomic mass is 16.5. The van der Waals surface area contributed by atoms with E-state index >= 15 is 0 Å². The van der Waals surface area contributed by atoms with Crippen LogP contribution in [0.2, 0.25) is 0 Å². The predicted octanol–water partition coefficient (Wildman–Crippen LogP) is 0.990. The van der Waals surface area contributed by atoms with Crippen molar-refractivity contribution in [2.45, 2.75) is 26.2 Å². The van der Waals surface area contributed by atoms with Crippen LogP contribution in [-0.2, 0) is 14.3 Å². The molecule has 1 aliphatic carbocycles. The van der Waals surface area contributed by atoms with Crippen LogP contribution in [0.25, 0.3) is 0 Å². The third-order valence-corrected chi connectivity index (χ3v) is 3.06. The second-order valence-corrected chi connectivity index (χ2v) is 4.65. The number of hydrogen-bond donors (Lipinski definition) is 1. The highest BCUT2D eigenvalue weighted by Gasteiger charge is 2.26. The van der Waals surface area contributed by atoms with Crippen LogP contribution in [-0.4, -0.2) is 41.0 Å². The van der Waals surface area contributed by atoms with Crippen LogP contribution < -0.4 is 0 Å². The number of carboxylic acid groups (broad SMARTS) is 1. The summed E-state index contributed by atoms with van der Waals surface area (Å²) in [5, 5.41) is 13.6. The zero-order valence-corrected chi connectivity index (χ0v) is 10.3. The molecule has 0 fully saturated rings. The summed E-state index contributed by atoms with van der Waals surface area (Å²) in [4.78, 5) is 22.0. The molecule has 6 nitrogen and oxygen atoms in total. The maximum absolute atomic E-state index is 11.4. The minimum absolute atomic E-state index is 0.140. The van der Waals surface area contributed by atoms with Crippen LogP contribution in [0.3, 0.4) is 0 Å². The molecular weight excluding hydrogens is 236 g/mol. The molecular formula is C12H16N2O4. The number of amides is 1. The van der Waals surface area contributed by atoms with E-state index in [0.717, 1.165) is 29.8 Å². The van der Waals surface area contributed by atoms with E-state index in [4.69, 9.17) is 9.84 Å². The molecule has 0 spiro atoms. The molecule has 1 aliphatic heterocycles. The number of nitrogens with zero attached hydrogens (tertiary/aromatic N) is 2. The number of aliphatic carboxylic acids is 1. The molecule has 0 radical (unpaired) electrons. The minimum Gasteiger partial charge on any atom is -0.480 e. The lowest BCUT2D eigenvalue weighted by atomic mass is 9.91. The Morgan fingerprint density at radius 1 is 1.67 bits per heavy atom. The molecule has 2 rings (SSSR count). The average molecular weight is 252 g/mol. The van der Waals surface area contributed by atoms with E-state index < -0.39 is 18.4 Å². The number of carbonyl (C=O) groups excluding carboxylic acids is 1. The number of hydrazone groups is 1. The van der Waals surface area contributed by atoms with Crippen molar-refractivity contribution in [1.29, 1.82) is 0 Å². The van der Waals surface area contributed by atoms with Gasteiger partial charge in [-0.25, -0.2) is 5.01 Å². The Balaban J connectivity index is 2.13. The Hall–Kier alpha value is -1.85. The summed E-state index contributed by atoms with van der Waals surface area (Å²) in [6, 6.07) is 0. The van der Waals surface area contributed by atoms with Crippen molar-refractivity contribution in [3.8, 4) is 0 Å². The zero-order valence-electron chi connectivity index (χ0n) is 10.3. The molecule has 1 amide bonds. The van der Waals surface area contributed by atoms with E-state index in [1.807, 2.05) is 0 Å². The fourth-order valence-electron chi connectivity index (χ4n) is 1.97. The Kier molecular flexibility index (Phi) is 3.64. The molecule has 0 aromatic rings. The van der Waals surface area contributed by atoms with Crippen molar-refractivity contribution in [3.05, 3.63) is 11.6 Å². The minimum atomic E-state index is -1.08. The van der Waals surface area contributed by atoms with E-state index in [1.165, 1.54) is 0 Å². The van der Waals surface area contributed by atoms with Gasteiger partial charge in [0.25, 0.3) is 5.91 Å². The summed E-state index contributed by atoms with van der Waals surface area (Å²) in [6.45, 7) is 1.62. The van der Waals surface area contributed by atoms with Gasteiger partial charge < -0.3 is 9.84 Å². The van der Waals surface area contributed by atoms with E-state index in [1.54, 1.807) is 0 Å². The van der Waals surface area contributed by atoms with Gasteiger partial charge in [-0.1, -0.05) is 13.0 Å². The number of ether oxygens (including phenoxy) is 1. The second kappa shape index (κ2) is 5.20. The molecule has 0 aromatic heterocycles. The molecule has 2 aliphatic rings. The van der Waals surface area contributed by atoms with Gasteiger partial charge in [-0.3, -0.25) is 9.59 Å². The summed E-state index contributed by atoms with van der Waals surface area (Å²) < 4.78 is 5.27. The van der Waals surface area contributed by atoms with Gasteiger partial charge in [0.15, 0.2) is 6.61 Å². The lowest BCUT2D eigenvalue weighted by molar-refractivity contribution is -0.146. The van der Waals surface area contributed by atoms with Crippen LogP contribution in [0.1, 0.15) is 26.2 Å². The molecule has 0 aromatic carbocycles. The van der Waals surface area contributed by atoms with Crippen LogP contribution in [0.15, 0.2) is 16.8 Å². The van der Waals surface area contributed by atoms with Crippen molar-refractivity contribution in [2.24, 2.45) is 11.0 Å². The Labute approximate surface area is 105 Å². The summed E-state index contributed by atoms with van der Waals surface area (Å²) >= 11 is 0. The lowest BCUT2D eigenvalue weighted by Crippen LogP contribution is -2.40. The first-order chi connectivity index (χ1) is 8.56. The van der Waals surface area contributed by atoms with Gasteiger partial charge in [0.1, 0.15) is 6.54 Å². The lowest BCUT2D eigenvalue weighted by Gasteiger charge is -2.25. The van der Waals surface area contributed by atoms with E-state index in [9.17, 15) is 9.59 Å². The summed E-state index contributed by atoms with van der Waals surface area (Å²) in [6.07, 6.45) is 4.93. The van der Waals surface area contributed by atoms with Gasteiger partial charge >= 0.3 is 5.97 Å². The van der Waals surface area contributed by atoms with Crippen molar-refractivity contribution in [3.63, 3.8) is 0 Å². The SMILES string of the molecule is CC1CC=C(C2=NN(CC(=O)O)C(=O)CO2)CC1. The molecule has 18 heavy (non-hydrogen) atoms.